The number of piperidine rings is 1. The first-order valence-electron chi connectivity index (χ1n) is 7.09. The summed E-state index contributed by atoms with van der Waals surface area (Å²) in [6.07, 6.45) is 3.41. The Kier molecular flexibility index (Phi) is 3.84. The number of hydrogen-bond donors (Lipinski definition) is 1. The minimum absolute atomic E-state index is 0.0423. The molecular weight excluding hydrogens is 282 g/mol. The number of benzene rings is 1. The molecule has 4 nitrogen and oxygen atoms in total. The molecule has 1 aliphatic heterocycles. The first-order chi connectivity index (χ1) is 10.2. The number of rotatable bonds is 2. The van der Waals surface area contributed by atoms with Crippen LogP contribution in [0, 0.1) is 5.92 Å². The van der Waals surface area contributed by atoms with E-state index in [2.05, 4.69) is 4.98 Å². The van der Waals surface area contributed by atoms with Crippen LogP contribution in [0.1, 0.15) is 23.2 Å². The normalized spacial score (nSPS) is 16.1. The number of carbonyl (C=O) groups excluding carboxylic acids is 1. The third-order valence-corrected chi connectivity index (χ3v) is 4.38. The first-order valence-corrected chi connectivity index (χ1v) is 7.50. The van der Waals surface area contributed by atoms with Gasteiger partial charge in [0.05, 0.1) is 16.1 Å². The van der Waals surface area contributed by atoms with Crippen LogP contribution in [-0.2, 0) is 0 Å². The second kappa shape index (κ2) is 5.77. The molecule has 21 heavy (non-hydrogen) atoms. The zero-order valence-electron chi connectivity index (χ0n) is 11.7. The lowest BCUT2D eigenvalue weighted by Gasteiger charge is -2.31. The second-order valence-electron chi connectivity index (χ2n) is 5.35. The predicted molar refractivity (Wildman–Crippen MR) is 87.2 cm³/mol. The molecule has 2 N–H and O–H groups in total. The molecule has 0 spiro atoms. The Morgan fingerprint density at radius 2 is 1.95 bits per heavy atom. The molecule has 1 saturated heterocycles. The van der Waals surface area contributed by atoms with Crippen molar-refractivity contribution in [3.8, 4) is 0 Å². The quantitative estimate of drug-likeness (QED) is 0.865. The van der Waals surface area contributed by atoms with Crippen LogP contribution in [0.25, 0.3) is 10.9 Å². The van der Waals surface area contributed by atoms with Crippen LogP contribution in [0.15, 0.2) is 36.5 Å². The van der Waals surface area contributed by atoms with Gasteiger partial charge < -0.3 is 10.6 Å². The number of thiocarbonyl (C=S) groups is 1. The summed E-state index contributed by atoms with van der Waals surface area (Å²) in [4.78, 5) is 19.5. The summed E-state index contributed by atoms with van der Waals surface area (Å²) < 4.78 is 0. The van der Waals surface area contributed by atoms with Crippen LogP contribution in [0.3, 0.4) is 0 Å². The fourth-order valence-electron chi connectivity index (χ4n) is 2.81. The van der Waals surface area contributed by atoms with E-state index in [1.807, 2.05) is 35.2 Å². The molecule has 1 aliphatic rings. The lowest BCUT2D eigenvalue weighted by molar-refractivity contribution is 0.0712. The average Bonchev–Trinajstić information content (AvgIpc) is 2.53. The fourth-order valence-corrected chi connectivity index (χ4v) is 3.05. The number of hydrogen-bond acceptors (Lipinski definition) is 3. The summed E-state index contributed by atoms with van der Waals surface area (Å²) in [5.74, 6) is 0.301. The molecule has 0 unspecified atom stereocenters. The number of carbonyl (C=O) groups is 1. The van der Waals surface area contributed by atoms with Gasteiger partial charge in [0.15, 0.2) is 0 Å². The maximum Gasteiger partial charge on any atom is 0.256 e. The van der Waals surface area contributed by atoms with E-state index in [4.69, 9.17) is 18.0 Å². The Balaban J connectivity index is 1.84. The summed E-state index contributed by atoms with van der Waals surface area (Å²) in [7, 11) is 0. The maximum atomic E-state index is 12.7. The standard InChI is InChI=1S/C16H17N3OS/c17-15(21)12-6-9-19(10-7-12)16(20)13-5-1-3-11-4-2-8-18-14(11)13/h1-5,8,12H,6-7,9-10H2,(H2,17,21). The molecule has 1 aromatic heterocycles. The molecule has 2 aromatic rings. The van der Waals surface area contributed by atoms with Crippen molar-refractivity contribution in [3.05, 3.63) is 42.1 Å². The van der Waals surface area contributed by atoms with Crippen LogP contribution >= 0.6 is 12.2 Å². The number of likely N-dealkylation sites (tertiary alicyclic amines) is 1. The van der Waals surface area contributed by atoms with Crippen LogP contribution in [0.5, 0.6) is 0 Å². The fraction of sp³-hybridized carbons (Fsp3) is 0.312. The van der Waals surface area contributed by atoms with E-state index < -0.39 is 0 Å². The van der Waals surface area contributed by atoms with Crippen molar-refractivity contribution in [3.63, 3.8) is 0 Å². The van der Waals surface area contributed by atoms with Gasteiger partial charge in [-0.3, -0.25) is 9.78 Å². The van der Waals surface area contributed by atoms with Gasteiger partial charge in [0.1, 0.15) is 0 Å². The average molecular weight is 299 g/mol. The molecule has 108 valence electrons. The Morgan fingerprint density at radius 3 is 2.67 bits per heavy atom. The molecule has 0 saturated carbocycles. The Morgan fingerprint density at radius 1 is 1.24 bits per heavy atom. The van der Waals surface area contributed by atoms with Gasteiger partial charge in [0.25, 0.3) is 5.91 Å². The number of nitrogens with zero attached hydrogens (tertiary/aromatic N) is 2. The summed E-state index contributed by atoms with van der Waals surface area (Å²) >= 11 is 5.04. The second-order valence-corrected chi connectivity index (χ2v) is 5.82. The van der Waals surface area contributed by atoms with E-state index in [0.29, 0.717) is 23.6 Å². The van der Waals surface area contributed by atoms with Crippen molar-refractivity contribution >= 4 is 34.0 Å². The highest BCUT2D eigenvalue weighted by atomic mass is 32.1. The lowest BCUT2D eigenvalue weighted by atomic mass is 9.96. The van der Waals surface area contributed by atoms with Crippen molar-refractivity contribution in [2.45, 2.75) is 12.8 Å². The minimum atomic E-state index is 0.0423. The molecule has 0 aliphatic carbocycles. The summed E-state index contributed by atoms with van der Waals surface area (Å²) in [5.41, 5.74) is 7.13. The van der Waals surface area contributed by atoms with Gasteiger partial charge in [-0.1, -0.05) is 30.4 Å². The molecular formula is C16H17N3OS. The predicted octanol–water partition coefficient (Wildman–Crippen LogP) is 2.37. The van der Waals surface area contributed by atoms with Crippen molar-refractivity contribution in [1.29, 1.82) is 0 Å². The van der Waals surface area contributed by atoms with Gasteiger partial charge in [-0.25, -0.2) is 0 Å². The van der Waals surface area contributed by atoms with Gasteiger partial charge in [0.2, 0.25) is 0 Å². The Labute approximate surface area is 129 Å². The van der Waals surface area contributed by atoms with Gasteiger partial charge in [-0.05, 0) is 25.0 Å². The van der Waals surface area contributed by atoms with E-state index >= 15 is 0 Å². The largest absolute Gasteiger partial charge is 0.393 e. The number of aromatic nitrogens is 1. The number of pyridine rings is 1. The monoisotopic (exact) mass is 299 g/mol. The SMILES string of the molecule is NC(=S)C1CCN(C(=O)c2cccc3cccnc23)CC1. The van der Waals surface area contributed by atoms with Crippen LogP contribution in [-0.4, -0.2) is 33.9 Å². The van der Waals surface area contributed by atoms with E-state index in [1.165, 1.54) is 0 Å². The van der Waals surface area contributed by atoms with E-state index in [1.54, 1.807) is 6.20 Å². The first kappa shape index (κ1) is 13.9. The number of fused-ring (bicyclic) bond motifs is 1. The highest BCUT2D eigenvalue weighted by Crippen LogP contribution is 2.22. The van der Waals surface area contributed by atoms with Gasteiger partial charge >= 0.3 is 0 Å². The summed E-state index contributed by atoms with van der Waals surface area (Å²) in [6, 6.07) is 9.57. The Hall–Kier alpha value is -2.01. The molecule has 3 rings (SSSR count). The zero-order valence-corrected chi connectivity index (χ0v) is 12.5. The van der Waals surface area contributed by atoms with E-state index in [9.17, 15) is 4.79 Å². The van der Waals surface area contributed by atoms with Gasteiger partial charge in [0, 0.05) is 30.6 Å². The summed E-state index contributed by atoms with van der Waals surface area (Å²) in [5, 5.41) is 0.987. The third kappa shape index (κ3) is 2.74. The molecule has 5 heteroatoms. The van der Waals surface area contributed by atoms with Gasteiger partial charge in [-0.15, -0.1) is 0 Å². The summed E-state index contributed by atoms with van der Waals surface area (Å²) in [6.45, 7) is 1.40. The van der Waals surface area contributed by atoms with Crippen molar-refractivity contribution in [1.82, 2.24) is 9.88 Å². The molecule has 1 aromatic carbocycles. The van der Waals surface area contributed by atoms with Crippen molar-refractivity contribution < 1.29 is 4.79 Å². The number of para-hydroxylation sites is 1. The topological polar surface area (TPSA) is 59.2 Å². The highest BCUT2D eigenvalue weighted by molar-refractivity contribution is 7.80. The third-order valence-electron chi connectivity index (χ3n) is 4.05. The molecule has 0 atom stereocenters. The highest BCUT2D eigenvalue weighted by Gasteiger charge is 2.25. The zero-order chi connectivity index (χ0) is 14.8. The van der Waals surface area contributed by atoms with Crippen LogP contribution in [0.2, 0.25) is 0 Å². The maximum absolute atomic E-state index is 12.7. The smallest absolute Gasteiger partial charge is 0.256 e. The van der Waals surface area contributed by atoms with E-state index in [0.717, 1.165) is 23.7 Å². The molecule has 2 heterocycles. The van der Waals surface area contributed by atoms with E-state index in [-0.39, 0.29) is 11.8 Å². The number of nitrogens with two attached hydrogens (primary N) is 1. The number of amides is 1. The minimum Gasteiger partial charge on any atom is -0.393 e. The molecule has 1 amide bonds. The molecule has 1 fully saturated rings. The molecule has 0 radical (unpaired) electrons. The lowest BCUT2D eigenvalue weighted by Crippen LogP contribution is -2.41. The molecule has 0 bridgehead atoms. The van der Waals surface area contributed by atoms with Crippen molar-refractivity contribution in [2.24, 2.45) is 11.7 Å². The van der Waals surface area contributed by atoms with Crippen molar-refractivity contribution in [2.75, 3.05) is 13.1 Å². The van der Waals surface area contributed by atoms with Crippen LogP contribution < -0.4 is 5.73 Å². The van der Waals surface area contributed by atoms with Crippen LogP contribution in [0.4, 0.5) is 0 Å². The van der Waals surface area contributed by atoms with Gasteiger partial charge in [-0.2, -0.15) is 0 Å². The Bertz CT molecular complexity index is 687.